The van der Waals surface area contributed by atoms with Gasteiger partial charge in [0.25, 0.3) is 5.56 Å². The molecule has 2 aromatic heterocycles. The summed E-state index contributed by atoms with van der Waals surface area (Å²) in [7, 11) is 0. The standard InChI is InChI=1S/C11H12BrN3O2/c1-6-9(8(3)17-14-6)4-15-5-13-7(2)10(12)11(15)16/h5H,4H2,1-3H3. The van der Waals surface area contributed by atoms with Crippen molar-refractivity contribution in [1.29, 1.82) is 0 Å². The van der Waals surface area contributed by atoms with Crippen molar-refractivity contribution < 1.29 is 4.52 Å². The minimum Gasteiger partial charge on any atom is -0.361 e. The van der Waals surface area contributed by atoms with Crippen LogP contribution in [0.2, 0.25) is 0 Å². The lowest BCUT2D eigenvalue weighted by atomic mass is 10.2. The van der Waals surface area contributed by atoms with Crippen molar-refractivity contribution in [3.05, 3.63) is 43.9 Å². The predicted octanol–water partition coefficient (Wildman–Crippen LogP) is 1.97. The van der Waals surface area contributed by atoms with Gasteiger partial charge in [0, 0.05) is 5.56 Å². The van der Waals surface area contributed by atoms with E-state index in [1.807, 2.05) is 13.8 Å². The fourth-order valence-electron chi connectivity index (χ4n) is 1.56. The fourth-order valence-corrected chi connectivity index (χ4v) is 1.89. The summed E-state index contributed by atoms with van der Waals surface area (Å²) in [6.45, 7) is 5.89. The Morgan fingerprint density at radius 2 is 2.06 bits per heavy atom. The smallest absolute Gasteiger partial charge is 0.268 e. The van der Waals surface area contributed by atoms with Crippen molar-refractivity contribution in [3.63, 3.8) is 0 Å². The Hall–Kier alpha value is -1.43. The number of hydrogen-bond donors (Lipinski definition) is 0. The van der Waals surface area contributed by atoms with E-state index in [0.29, 0.717) is 16.7 Å². The molecule has 0 aliphatic carbocycles. The molecule has 90 valence electrons. The van der Waals surface area contributed by atoms with E-state index >= 15 is 0 Å². The maximum Gasteiger partial charge on any atom is 0.268 e. The van der Waals surface area contributed by atoms with Crippen molar-refractivity contribution >= 4 is 15.9 Å². The van der Waals surface area contributed by atoms with Gasteiger partial charge in [-0.05, 0) is 36.7 Å². The average molecular weight is 298 g/mol. The second kappa shape index (κ2) is 4.44. The van der Waals surface area contributed by atoms with E-state index in [1.54, 1.807) is 6.92 Å². The molecule has 5 nitrogen and oxygen atoms in total. The molecule has 0 saturated heterocycles. The van der Waals surface area contributed by atoms with E-state index < -0.39 is 0 Å². The lowest BCUT2D eigenvalue weighted by Crippen LogP contribution is -2.23. The molecule has 0 spiro atoms. The van der Waals surface area contributed by atoms with Gasteiger partial charge >= 0.3 is 0 Å². The van der Waals surface area contributed by atoms with Crippen LogP contribution in [0.15, 0.2) is 20.1 Å². The summed E-state index contributed by atoms with van der Waals surface area (Å²) in [5.74, 6) is 0.728. The van der Waals surface area contributed by atoms with Crippen LogP contribution in [0.4, 0.5) is 0 Å². The van der Waals surface area contributed by atoms with Gasteiger partial charge in [-0.3, -0.25) is 9.36 Å². The molecular weight excluding hydrogens is 286 g/mol. The van der Waals surface area contributed by atoms with Crippen LogP contribution < -0.4 is 5.56 Å². The normalized spacial score (nSPS) is 10.8. The van der Waals surface area contributed by atoms with E-state index in [1.165, 1.54) is 10.9 Å². The zero-order valence-corrected chi connectivity index (χ0v) is 11.4. The maximum absolute atomic E-state index is 12.0. The highest BCUT2D eigenvalue weighted by molar-refractivity contribution is 9.10. The molecule has 0 aliphatic heterocycles. The van der Waals surface area contributed by atoms with E-state index in [9.17, 15) is 4.79 Å². The van der Waals surface area contributed by atoms with Crippen molar-refractivity contribution in [3.8, 4) is 0 Å². The van der Waals surface area contributed by atoms with Gasteiger partial charge in [-0.15, -0.1) is 0 Å². The first-order valence-electron chi connectivity index (χ1n) is 5.14. The van der Waals surface area contributed by atoms with Crippen LogP contribution in [0, 0.1) is 20.8 Å². The number of aromatic nitrogens is 3. The topological polar surface area (TPSA) is 60.9 Å². The molecule has 0 bridgehead atoms. The summed E-state index contributed by atoms with van der Waals surface area (Å²) in [5, 5.41) is 3.86. The zero-order chi connectivity index (χ0) is 12.6. The lowest BCUT2D eigenvalue weighted by Gasteiger charge is -2.06. The number of aryl methyl sites for hydroxylation is 3. The Bertz CT molecular complexity index is 596. The third kappa shape index (κ3) is 2.17. The third-order valence-corrected chi connectivity index (χ3v) is 3.58. The van der Waals surface area contributed by atoms with Crippen LogP contribution >= 0.6 is 15.9 Å². The molecule has 0 fully saturated rings. The van der Waals surface area contributed by atoms with Gasteiger partial charge in [0.1, 0.15) is 10.2 Å². The van der Waals surface area contributed by atoms with Crippen LogP contribution in [-0.2, 0) is 6.54 Å². The van der Waals surface area contributed by atoms with Crippen LogP contribution in [-0.4, -0.2) is 14.7 Å². The van der Waals surface area contributed by atoms with Gasteiger partial charge in [0.2, 0.25) is 0 Å². The third-order valence-electron chi connectivity index (χ3n) is 2.67. The number of halogens is 1. The minimum atomic E-state index is -0.0995. The first-order chi connectivity index (χ1) is 8.00. The zero-order valence-electron chi connectivity index (χ0n) is 9.82. The molecule has 0 unspecified atom stereocenters. The first-order valence-corrected chi connectivity index (χ1v) is 5.93. The van der Waals surface area contributed by atoms with E-state index in [0.717, 1.165) is 17.0 Å². The first kappa shape index (κ1) is 12.0. The Kier molecular flexibility index (Phi) is 3.15. The van der Waals surface area contributed by atoms with Gasteiger partial charge < -0.3 is 4.52 Å². The molecule has 6 heteroatoms. The molecule has 2 heterocycles. The summed E-state index contributed by atoms with van der Waals surface area (Å²) in [4.78, 5) is 16.1. The Labute approximate surface area is 107 Å². The van der Waals surface area contributed by atoms with Crippen LogP contribution in [0.25, 0.3) is 0 Å². The molecule has 0 atom stereocenters. The number of rotatable bonds is 2. The van der Waals surface area contributed by atoms with Crippen molar-refractivity contribution in [2.24, 2.45) is 0 Å². The molecule has 0 N–H and O–H groups in total. The van der Waals surface area contributed by atoms with Gasteiger partial charge in [-0.2, -0.15) is 0 Å². The highest BCUT2D eigenvalue weighted by atomic mass is 79.9. The van der Waals surface area contributed by atoms with Crippen LogP contribution in [0.5, 0.6) is 0 Å². The van der Waals surface area contributed by atoms with E-state index in [2.05, 4.69) is 26.1 Å². The van der Waals surface area contributed by atoms with Crippen molar-refractivity contribution in [2.75, 3.05) is 0 Å². The molecule has 2 rings (SSSR count). The Morgan fingerprint density at radius 3 is 2.65 bits per heavy atom. The predicted molar refractivity (Wildman–Crippen MR) is 66.0 cm³/mol. The van der Waals surface area contributed by atoms with Gasteiger partial charge in [0.15, 0.2) is 0 Å². The largest absolute Gasteiger partial charge is 0.361 e. The Morgan fingerprint density at radius 1 is 1.35 bits per heavy atom. The molecular formula is C11H12BrN3O2. The minimum absolute atomic E-state index is 0.0995. The maximum atomic E-state index is 12.0. The van der Waals surface area contributed by atoms with E-state index in [4.69, 9.17) is 4.52 Å². The molecule has 0 radical (unpaired) electrons. The molecule has 0 aliphatic rings. The van der Waals surface area contributed by atoms with Gasteiger partial charge in [-0.1, -0.05) is 5.16 Å². The monoisotopic (exact) mass is 297 g/mol. The fraction of sp³-hybridized carbons (Fsp3) is 0.364. The molecule has 0 saturated carbocycles. The number of nitrogens with zero attached hydrogens (tertiary/aromatic N) is 3. The second-order valence-corrected chi connectivity index (χ2v) is 4.67. The van der Waals surface area contributed by atoms with Crippen LogP contribution in [0.3, 0.4) is 0 Å². The van der Waals surface area contributed by atoms with Crippen molar-refractivity contribution in [1.82, 2.24) is 14.7 Å². The summed E-state index contributed by atoms with van der Waals surface area (Å²) >= 11 is 3.24. The summed E-state index contributed by atoms with van der Waals surface area (Å²) in [6.07, 6.45) is 1.54. The molecule has 17 heavy (non-hydrogen) atoms. The van der Waals surface area contributed by atoms with Gasteiger partial charge in [-0.25, -0.2) is 4.98 Å². The van der Waals surface area contributed by atoms with Crippen LogP contribution in [0.1, 0.15) is 22.7 Å². The quantitative estimate of drug-likeness (QED) is 0.850. The SMILES string of the molecule is Cc1noc(C)c1Cn1cnc(C)c(Br)c1=O. The van der Waals surface area contributed by atoms with Crippen molar-refractivity contribution in [2.45, 2.75) is 27.3 Å². The highest BCUT2D eigenvalue weighted by Gasteiger charge is 2.12. The molecule has 0 aromatic carbocycles. The Balaban J connectivity index is 2.44. The van der Waals surface area contributed by atoms with E-state index in [-0.39, 0.29) is 5.56 Å². The second-order valence-electron chi connectivity index (χ2n) is 3.88. The molecule has 2 aromatic rings. The highest BCUT2D eigenvalue weighted by Crippen LogP contribution is 2.14. The molecule has 0 amide bonds. The summed E-state index contributed by atoms with van der Waals surface area (Å²) < 4.78 is 7.09. The lowest BCUT2D eigenvalue weighted by molar-refractivity contribution is 0.392. The average Bonchev–Trinajstić information content (AvgIpc) is 2.61. The number of hydrogen-bond acceptors (Lipinski definition) is 4. The summed E-state index contributed by atoms with van der Waals surface area (Å²) in [5.41, 5.74) is 2.30. The summed E-state index contributed by atoms with van der Waals surface area (Å²) in [6, 6.07) is 0. The van der Waals surface area contributed by atoms with Gasteiger partial charge in [0.05, 0.1) is 24.3 Å².